The van der Waals surface area contributed by atoms with Crippen LogP contribution in [0.1, 0.15) is 6.92 Å². The summed E-state index contributed by atoms with van der Waals surface area (Å²) in [6, 6.07) is -2.60. The van der Waals surface area contributed by atoms with E-state index in [1.807, 2.05) is 0 Å². The van der Waals surface area contributed by atoms with Gasteiger partial charge in [0.2, 0.25) is 0 Å². The number of alkyl halides is 7. The molecule has 0 aromatic rings. The number of rotatable bonds is 4. The summed E-state index contributed by atoms with van der Waals surface area (Å²) in [7, 11) is 0. The summed E-state index contributed by atoms with van der Waals surface area (Å²) in [5, 5.41) is 0. The van der Waals surface area contributed by atoms with Crippen molar-refractivity contribution in [3.63, 3.8) is 0 Å². The van der Waals surface area contributed by atoms with E-state index >= 15 is 0 Å². The van der Waals surface area contributed by atoms with Crippen molar-refractivity contribution in [3.8, 4) is 0 Å². The minimum absolute atomic E-state index is 0.267. The summed E-state index contributed by atoms with van der Waals surface area (Å²) in [6.07, 6.45) is -15.4. The van der Waals surface area contributed by atoms with E-state index in [0.29, 0.717) is 0 Å². The molecule has 0 rings (SSSR count). The number of hydrogen-bond acceptors (Lipinski definition) is 2. The van der Waals surface area contributed by atoms with Crippen molar-refractivity contribution >= 4 is 6.04 Å². The largest absolute Gasteiger partial charge is 0.462 e. The first-order valence-electron chi connectivity index (χ1n) is 3.52. The zero-order valence-electron chi connectivity index (χ0n) is 7.42. The zero-order valence-corrected chi connectivity index (χ0v) is 7.42. The first-order chi connectivity index (χ1) is 6.83. The van der Waals surface area contributed by atoms with Crippen LogP contribution in [0.3, 0.4) is 0 Å². The van der Waals surface area contributed by atoms with Crippen LogP contribution in [0.25, 0.3) is 0 Å². The van der Waals surface area contributed by atoms with Gasteiger partial charge in [-0.1, -0.05) is 0 Å². The quantitative estimate of drug-likeness (QED) is 0.573. The van der Waals surface area contributed by atoms with Crippen LogP contribution in [0, 0.1) is 0 Å². The van der Waals surface area contributed by atoms with Crippen LogP contribution in [0.5, 0.6) is 0 Å². The lowest BCUT2D eigenvalue weighted by Crippen LogP contribution is -2.54. The SMILES string of the molecule is CC(OC(F)(F)C(F)(F)C(F)(F)F)C(=O)F. The topological polar surface area (TPSA) is 26.3 Å². The molecule has 0 bridgehead atoms. The molecule has 0 aliphatic rings. The third kappa shape index (κ3) is 2.80. The van der Waals surface area contributed by atoms with Gasteiger partial charge in [0.05, 0.1) is 0 Å². The lowest BCUT2D eigenvalue weighted by atomic mass is 10.3. The Morgan fingerprint density at radius 3 is 1.69 bits per heavy atom. The second-order valence-electron chi connectivity index (χ2n) is 2.65. The molecule has 2 nitrogen and oxygen atoms in total. The van der Waals surface area contributed by atoms with Crippen molar-refractivity contribution in [3.05, 3.63) is 0 Å². The maximum absolute atomic E-state index is 12.3. The van der Waals surface area contributed by atoms with Gasteiger partial charge in [-0.05, 0) is 6.92 Å². The minimum atomic E-state index is -6.59. The average molecular weight is 260 g/mol. The molecule has 0 saturated carbocycles. The van der Waals surface area contributed by atoms with Crippen LogP contribution in [0.2, 0.25) is 0 Å². The van der Waals surface area contributed by atoms with E-state index in [2.05, 4.69) is 4.74 Å². The number of ether oxygens (including phenoxy) is 1. The predicted octanol–water partition coefficient (Wildman–Crippen LogP) is 2.68. The first kappa shape index (κ1) is 15.1. The van der Waals surface area contributed by atoms with E-state index in [9.17, 15) is 39.9 Å². The number of carbonyl (C=O) groups excluding carboxylic acids is 1. The highest BCUT2D eigenvalue weighted by molar-refractivity contribution is 5.72. The lowest BCUT2D eigenvalue weighted by Gasteiger charge is -2.28. The fourth-order valence-corrected chi connectivity index (χ4v) is 0.507. The van der Waals surface area contributed by atoms with E-state index in [1.54, 1.807) is 0 Å². The summed E-state index contributed by atoms with van der Waals surface area (Å²) in [6.45, 7) is 0.267. The highest BCUT2D eigenvalue weighted by Crippen LogP contribution is 2.47. The van der Waals surface area contributed by atoms with Gasteiger partial charge < -0.3 is 4.74 Å². The van der Waals surface area contributed by atoms with Crippen LogP contribution in [0.4, 0.5) is 35.1 Å². The van der Waals surface area contributed by atoms with Crippen LogP contribution in [-0.4, -0.2) is 30.3 Å². The van der Waals surface area contributed by atoms with E-state index in [1.165, 1.54) is 0 Å². The Balaban J connectivity index is 4.99. The molecule has 1 atom stereocenters. The molecule has 0 heterocycles. The summed E-state index contributed by atoms with van der Waals surface area (Å²) in [4.78, 5) is 9.75. The molecule has 1 unspecified atom stereocenters. The Morgan fingerprint density at radius 1 is 1.06 bits per heavy atom. The Bertz CT molecular complexity index is 270. The maximum atomic E-state index is 12.3. The summed E-state index contributed by atoms with van der Waals surface area (Å²) >= 11 is 0. The molecular formula is C6H4F8O2. The number of carbonyl (C=O) groups is 1. The maximum Gasteiger partial charge on any atom is 0.462 e. The van der Waals surface area contributed by atoms with Gasteiger partial charge >= 0.3 is 24.2 Å². The van der Waals surface area contributed by atoms with Gasteiger partial charge in [-0.25, -0.2) is 0 Å². The van der Waals surface area contributed by atoms with Crippen LogP contribution in [-0.2, 0) is 9.53 Å². The fourth-order valence-electron chi connectivity index (χ4n) is 0.507. The summed E-state index contributed by atoms with van der Waals surface area (Å²) in [5.41, 5.74) is 0. The second kappa shape index (κ2) is 4.15. The molecule has 0 radical (unpaired) electrons. The Kier molecular flexibility index (Phi) is 3.91. The predicted molar refractivity (Wildman–Crippen MR) is 32.6 cm³/mol. The second-order valence-corrected chi connectivity index (χ2v) is 2.65. The molecular weight excluding hydrogens is 256 g/mol. The molecule has 0 aliphatic heterocycles. The van der Waals surface area contributed by atoms with Gasteiger partial charge in [0, 0.05) is 0 Å². The van der Waals surface area contributed by atoms with Gasteiger partial charge in [0.1, 0.15) is 0 Å². The van der Waals surface area contributed by atoms with Gasteiger partial charge in [-0.2, -0.15) is 35.1 Å². The smallest absolute Gasteiger partial charge is 0.301 e. The minimum Gasteiger partial charge on any atom is -0.301 e. The molecule has 0 aliphatic carbocycles. The molecule has 0 N–H and O–H groups in total. The van der Waals surface area contributed by atoms with E-state index < -0.39 is 30.3 Å². The van der Waals surface area contributed by atoms with Gasteiger partial charge in [-0.3, -0.25) is 4.79 Å². The third-order valence-electron chi connectivity index (χ3n) is 1.37. The summed E-state index contributed by atoms with van der Waals surface area (Å²) in [5.74, 6) is -6.52. The van der Waals surface area contributed by atoms with Crippen molar-refractivity contribution < 1.29 is 44.7 Å². The number of hydrogen-bond donors (Lipinski definition) is 0. The third-order valence-corrected chi connectivity index (χ3v) is 1.37. The summed E-state index contributed by atoms with van der Waals surface area (Å²) < 4.78 is 97.7. The molecule has 0 aromatic carbocycles. The van der Waals surface area contributed by atoms with E-state index in [-0.39, 0.29) is 6.92 Å². The molecule has 0 amide bonds. The molecule has 0 aromatic heterocycles. The zero-order chi connectivity index (χ0) is 13.4. The van der Waals surface area contributed by atoms with Crippen LogP contribution < -0.4 is 0 Å². The fraction of sp³-hybridized carbons (Fsp3) is 0.833. The van der Waals surface area contributed by atoms with Gasteiger partial charge in [0.15, 0.2) is 6.10 Å². The highest BCUT2D eigenvalue weighted by atomic mass is 19.4. The van der Waals surface area contributed by atoms with E-state index in [4.69, 9.17) is 0 Å². The Hall–Kier alpha value is -0.930. The van der Waals surface area contributed by atoms with Crippen molar-refractivity contribution in [2.45, 2.75) is 31.2 Å². The Labute approximate surface area is 83.2 Å². The van der Waals surface area contributed by atoms with Crippen molar-refractivity contribution in [2.75, 3.05) is 0 Å². The van der Waals surface area contributed by atoms with Gasteiger partial charge in [0.25, 0.3) is 0 Å². The first-order valence-corrected chi connectivity index (χ1v) is 3.52. The van der Waals surface area contributed by atoms with Crippen molar-refractivity contribution in [2.24, 2.45) is 0 Å². The standard InChI is InChI=1S/C6H4F8O2/c1-2(3(7)15)16-6(13,14)4(8,9)5(10,11)12/h2H,1H3. The van der Waals surface area contributed by atoms with E-state index in [0.717, 1.165) is 0 Å². The highest BCUT2D eigenvalue weighted by Gasteiger charge is 2.75. The Morgan fingerprint density at radius 2 is 1.44 bits per heavy atom. The molecule has 96 valence electrons. The van der Waals surface area contributed by atoms with Crippen LogP contribution >= 0.6 is 0 Å². The van der Waals surface area contributed by atoms with Crippen molar-refractivity contribution in [1.29, 1.82) is 0 Å². The molecule has 16 heavy (non-hydrogen) atoms. The number of halogens is 8. The van der Waals surface area contributed by atoms with Gasteiger partial charge in [-0.15, -0.1) is 0 Å². The average Bonchev–Trinajstić information content (AvgIpc) is 2.00. The molecule has 0 fully saturated rings. The molecule has 0 spiro atoms. The normalized spacial score (nSPS) is 16.1. The van der Waals surface area contributed by atoms with Crippen molar-refractivity contribution in [1.82, 2.24) is 0 Å². The van der Waals surface area contributed by atoms with Crippen LogP contribution in [0.15, 0.2) is 0 Å². The molecule has 10 heteroatoms. The molecule has 0 saturated heterocycles. The monoisotopic (exact) mass is 260 g/mol. The lowest BCUT2D eigenvalue weighted by molar-refractivity contribution is -0.428.